The van der Waals surface area contributed by atoms with Crippen molar-refractivity contribution in [1.29, 1.82) is 0 Å². The normalized spacial score (nSPS) is 11.6. The second kappa shape index (κ2) is 13.1. The van der Waals surface area contributed by atoms with Gasteiger partial charge in [-0.3, -0.25) is 4.98 Å². The molecule has 0 saturated carbocycles. The molecule has 0 aliphatic heterocycles. The second-order valence-electron chi connectivity index (χ2n) is 12.8. The van der Waals surface area contributed by atoms with Gasteiger partial charge in [-0.25, -0.2) is 0 Å². The third kappa shape index (κ3) is 5.31. The lowest BCUT2D eigenvalue weighted by atomic mass is 9.77. The number of ether oxygens (including phenoxy) is 1. The van der Waals surface area contributed by atoms with Gasteiger partial charge in [-0.05, 0) is 70.8 Å². The first-order valence-corrected chi connectivity index (χ1v) is 17.3. The van der Waals surface area contributed by atoms with E-state index < -0.39 is 5.54 Å². The zero-order chi connectivity index (χ0) is 34.9. The van der Waals surface area contributed by atoms with Crippen LogP contribution in [0.2, 0.25) is 0 Å². The van der Waals surface area contributed by atoms with Crippen molar-refractivity contribution in [2.24, 2.45) is 0 Å². The van der Waals surface area contributed by atoms with Gasteiger partial charge >= 0.3 is 0 Å². The van der Waals surface area contributed by atoms with E-state index in [4.69, 9.17) is 20.1 Å². The summed E-state index contributed by atoms with van der Waals surface area (Å²) in [6, 6.07) is 58.0. The number of fused-ring (bicyclic) bond motifs is 2. The summed E-state index contributed by atoms with van der Waals surface area (Å²) in [5, 5.41) is 16.9. The number of pyridine rings is 1. The number of aryl methyl sites for hydroxylation is 1. The molecule has 250 valence electrons. The van der Waals surface area contributed by atoms with Crippen LogP contribution in [-0.4, -0.2) is 29.8 Å². The summed E-state index contributed by atoms with van der Waals surface area (Å²) in [4.78, 5) is 6.44. The molecule has 0 radical (unpaired) electrons. The molecule has 52 heavy (non-hydrogen) atoms. The highest BCUT2D eigenvalue weighted by molar-refractivity contribution is 5.87. The molecule has 0 bridgehead atoms. The van der Waals surface area contributed by atoms with E-state index >= 15 is 0 Å². The maximum Gasteiger partial charge on any atom is 0.207 e. The number of tetrazole rings is 1. The quantitative estimate of drug-likeness (QED) is 0.143. The molecule has 0 atom stereocenters. The molecule has 3 aromatic heterocycles. The predicted octanol–water partition coefficient (Wildman–Crippen LogP) is 9.56. The van der Waals surface area contributed by atoms with Gasteiger partial charge in [0.05, 0.1) is 16.7 Å². The molecular formula is C45H34N6O. The molecule has 7 heteroatoms. The van der Waals surface area contributed by atoms with Crippen LogP contribution >= 0.6 is 0 Å². The summed E-state index contributed by atoms with van der Waals surface area (Å²) in [6.07, 6.45) is 2.10. The Hall–Kier alpha value is -6.86. The number of benzene rings is 6. The largest absolute Gasteiger partial charge is 0.488 e. The average molecular weight is 675 g/mol. The van der Waals surface area contributed by atoms with Crippen molar-refractivity contribution in [3.8, 4) is 22.8 Å². The van der Waals surface area contributed by atoms with Gasteiger partial charge in [0.25, 0.3) is 0 Å². The first-order valence-electron chi connectivity index (χ1n) is 17.3. The third-order valence-corrected chi connectivity index (χ3v) is 9.71. The molecule has 7 nitrogen and oxygen atoms in total. The zero-order valence-corrected chi connectivity index (χ0v) is 28.5. The Morgan fingerprint density at radius 2 is 1.25 bits per heavy atom. The van der Waals surface area contributed by atoms with Crippen molar-refractivity contribution in [3.63, 3.8) is 0 Å². The Kier molecular flexibility index (Phi) is 7.86. The predicted molar refractivity (Wildman–Crippen MR) is 206 cm³/mol. The maximum absolute atomic E-state index is 6.47. The molecule has 0 saturated heterocycles. The van der Waals surface area contributed by atoms with Crippen molar-refractivity contribution < 1.29 is 4.74 Å². The fourth-order valence-corrected chi connectivity index (χ4v) is 7.33. The summed E-state index contributed by atoms with van der Waals surface area (Å²) in [7, 11) is 0. The summed E-state index contributed by atoms with van der Waals surface area (Å²) >= 11 is 0. The number of hydrogen-bond acceptors (Lipinski definition) is 5. The van der Waals surface area contributed by atoms with Crippen LogP contribution in [0.5, 0.6) is 5.75 Å². The maximum atomic E-state index is 6.47. The Morgan fingerprint density at radius 1 is 0.615 bits per heavy atom. The van der Waals surface area contributed by atoms with Gasteiger partial charge in [-0.15, -0.1) is 15.0 Å². The SMILES string of the molecule is Cc1cc(OCc2cccc3c2ccn3-c2ccccc2-c2nnn(C(c3ccccc3)(c3ccccc3)c3ccccc3)n2)c2ccccc2n1. The van der Waals surface area contributed by atoms with Gasteiger partial charge in [0.2, 0.25) is 5.82 Å². The van der Waals surface area contributed by atoms with E-state index in [0.717, 1.165) is 66.8 Å². The Morgan fingerprint density at radius 3 is 1.96 bits per heavy atom. The van der Waals surface area contributed by atoms with Crippen LogP contribution in [0, 0.1) is 6.92 Å². The van der Waals surface area contributed by atoms with Crippen molar-refractivity contribution in [3.05, 3.63) is 204 Å². The van der Waals surface area contributed by atoms with Crippen LogP contribution in [-0.2, 0) is 12.1 Å². The van der Waals surface area contributed by atoms with E-state index in [1.165, 1.54) is 0 Å². The summed E-state index contributed by atoms with van der Waals surface area (Å²) < 4.78 is 8.66. The monoisotopic (exact) mass is 674 g/mol. The van der Waals surface area contributed by atoms with E-state index in [-0.39, 0.29) is 0 Å². The minimum absolute atomic E-state index is 0.423. The van der Waals surface area contributed by atoms with E-state index in [2.05, 4.69) is 131 Å². The lowest BCUT2D eigenvalue weighted by Crippen LogP contribution is -2.39. The molecule has 0 fully saturated rings. The zero-order valence-electron chi connectivity index (χ0n) is 28.5. The van der Waals surface area contributed by atoms with Gasteiger partial charge < -0.3 is 9.30 Å². The Labute approximate surface area is 301 Å². The Balaban J connectivity index is 1.13. The Bertz CT molecular complexity index is 2550. The molecule has 0 N–H and O–H groups in total. The molecule has 0 spiro atoms. The van der Waals surface area contributed by atoms with Crippen molar-refractivity contribution in [2.75, 3.05) is 0 Å². The van der Waals surface area contributed by atoms with Gasteiger partial charge in [-0.1, -0.05) is 127 Å². The standard InChI is InChI=1S/C45H34N6O/c1-32-30-43(38-23-11-13-25-40(38)46-32)52-31-33-16-15-27-41-37(33)28-29-50(41)42-26-14-12-24-39(42)44-47-49-51(48-44)45(34-17-5-2-6-18-34,35-19-7-3-8-20-35)36-21-9-4-10-22-36/h2-30H,31H2,1H3. The van der Waals surface area contributed by atoms with Crippen LogP contribution in [0.25, 0.3) is 38.9 Å². The first kappa shape index (κ1) is 31.1. The van der Waals surface area contributed by atoms with Gasteiger partial charge in [-0.2, -0.15) is 0 Å². The molecule has 6 aromatic carbocycles. The fourth-order valence-electron chi connectivity index (χ4n) is 7.33. The van der Waals surface area contributed by atoms with E-state index in [0.29, 0.717) is 12.4 Å². The fraction of sp³-hybridized carbons (Fsp3) is 0.0667. The molecule has 0 amide bonds. The highest BCUT2D eigenvalue weighted by atomic mass is 16.5. The van der Waals surface area contributed by atoms with E-state index in [1.54, 1.807) is 4.80 Å². The average Bonchev–Trinajstić information content (AvgIpc) is 3.87. The number of para-hydroxylation sites is 2. The lowest BCUT2D eigenvalue weighted by molar-refractivity contribution is 0.311. The highest BCUT2D eigenvalue weighted by Gasteiger charge is 2.41. The molecular weight excluding hydrogens is 641 g/mol. The number of hydrogen-bond donors (Lipinski definition) is 0. The van der Waals surface area contributed by atoms with Gasteiger partial charge in [0, 0.05) is 34.3 Å². The topological polar surface area (TPSA) is 70.7 Å². The summed E-state index contributed by atoms with van der Waals surface area (Å²) in [6.45, 7) is 2.42. The van der Waals surface area contributed by atoms with Gasteiger partial charge in [0.15, 0.2) is 5.54 Å². The number of rotatable bonds is 9. The van der Waals surface area contributed by atoms with Crippen LogP contribution in [0.4, 0.5) is 0 Å². The lowest BCUT2D eigenvalue weighted by Gasteiger charge is -2.34. The molecule has 0 aliphatic rings. The molecule has 0 aliphatic carbocycles. The molecule has 0 unspecified atom stereocenters. The molecule has 3 heterocycles. The smallest absolute Gasteiger partial charge is 0.207 e. The first-order chi connectivity index (χ1) is 25.7. The van der Waals surface area contributed by atoms with E-state index in [1.807, 2.05) is 61.5 Å². The molecule has 9 aromatic rings. The van der Waals surface area contributed by atoms with Crippen LogP contribution in [0.1, 0.15) is 27.9 Å². The number of nitrogens with zero attached hydrogens (tertiary/aromatic N) is 6. The van der Waals surface area contributed by atoms with E-state index in [9.17, 15) is 0 Å². The minimum atomic E-state index is -0.863. The van der Waals surface area contributed by atoms with Crippen LogP contribution in [0.15, 0.2) is 176 Å². The second-order valence-corrected chi connectivity index (χ2v) is 12.8. The van der Waals surface area contributed by atoms with Crippen LogP contribution in [0.3, 0.4) is 0 Å². The summed E-state index contributed by atoms with van der Waals surface area (Å²) in [5.41, 5.74) is 8.06. The summed E-state index contributed by atoms with van der Waals surface area (Å²) in [5.74, 6) is 1.36. The third-order valence-electron chi connectivity index (χ3n) is 9.71. The highest BCUT2D eigenvalue weighted by Crippen LogP contribution is 2.40. The van der Waals surface area contributed by atoms with Crippen molar-refractivity contribution in [2.45, 2.75) is 19.1 Å². The van der Waals surface area contributed by atoms with Crippen LogP contribution < -0.4 is 4.74 Å². The minimum Gasteiger partial charge on any atom is -0.488 e. The van der Waals surface area contributed by atoms with Crippen molar-refractivity contribution >= 4 is 21.8 Å². The van der Waals surface area contributed by atoms with Crippen molar-refractivity contribution in [1.82, 2.24) is 29.8 Å². The molecule has 9 rings (SSSR count). The number of aromatic nitrogens is 6. The van der Waals surface area contributed by atoms with Gasteiger partial charge in [0.1, 0.15) is 12.4 Å².